The predicted octanol–water partition coefficient (Wildman–Crippen LogP) is 1.98. The molecule has 5 heteroatoms. The second-order valence-electron chi connectivity index (χ2n) is 4.06. The van der Waals surface area contributed by atoms with Crippen LogP contribution in [-0.4, -0.2) is 29.4 Å². The Morgan fingerprint density at radius 2 is 1.80 bits per heavy atom. The highest BCUT2D eigenvalue weighted by Gasteiger charge is 2.20. The van der Waals surface area contributed by atoms with E-state index in [0.29, 0.717) is 6.42 Å². The number of hydrogen-bond donors (Lipinski definition) is 2. The predicted molar refractivity (Wildman–Crippen MR) is 60.4 cm³/mol. The van der Waals surface area contributed by atoms with Gasteiger partial charge in [0.05, 0.1) is 11.4 Å². The largest absolute Gasteiger partial charge is 0.393 e. The molecule has 15 heavy (non-hydrogen) atoms. The Labute approximate surface area is 92.4 Å². The molecular formula is C10H22O4S. The Kier molecular flexibility index (Phi) is 7.13. The maximum absolute atomic E-state index is 10.7. The fraction of sp³-hybridized carbons (Fsp3) is 1.00. The van der Waals surface area contributed by atoms with Crippen LogP contribution in [0.25, 0.3) is 0 Å². The number of unbranched alkanes of at least 4 members (excludes halogenated alkanes) is 3. The number of rotatable bonds is 8. The van der Waals surface area contributed by atoms with Crippen molar-refractivity contribution in [2.75, 3.05) is 0 Å². The van der Waals surface area contributed by atoms with E-state index >= 15 is 0 Å². The SMILES string of the molecule is CCCCCCC(O)CC(C)S(=O)(=O)O. The fourth-order valence-electron chi connectivity index (χ4n) is 1.43. The summed E-state index contributed by atoms with van der Waals surface area (Å²) in [5, 5.41) is 8.63. The van der Waals surface area contributed by atoms with Gasteiger partial charge in [0.2, 0.25) is 0 Å². The third-order valence-electron chi connectivity index (χ3n) is 2.50. The van der Waals surface area contributed by atoms with E-state index in [4.69, 9.17) is 4.55 Å². The van der Waals surface area contributed by atoms with Crippen LogP contribution in [0.2, 0.25) is 0 Å². The van der Waals surface area contributed by atoms with Crippen molar-refractivity contribution in [2.24, 2.45) is 0 Å². The molecule has 0 spiro atoms. The van der Waals surface area contributed by atoms with Gasteiger partial charge in [-0.15, -0.1) is 0 Å². The van der Waals surface area contributed by atoms with Gasteiger partial charge in [-0.05, 0) is 19.8 Å². The average Bonchev–Trinajstić information content (AvgIpc) is 2.11. The average molecular weight is 238 g/mol. The molecule has 0 fully saturated rings. The third-order valence-corrected chi connectivity index (χ3v) is 3.71. The first-order valence-corrected chi connectivity index (χ1v) is 7.02. The molecule has 0 saturated heterocycles. The van der Waals surface area contributed by atoms with Gasteiger partial charge in [-0.3, -0.25) is 4.55 Å². The van der Waals surface area contributed by atoms with Crippen LogP contribution in [0.1, 0.15) is 52.4 Å². The summed E-state index contributed by atoms with van der Waals surface area (Å²) >= 11 is 0. The van der Waals surface area contributed by atoms with E-state index in [1.807, 2.05) is 0 Å². The second-order valence-corrected chi connectivity index (χ2v) is 5.90. The van der Waals surface area contributed by atoms with Crippen molar-refractivity contribution in [3.8, 4) is 0 Å². The standard InChI is InChI=1S/C10H22O4S/c1-3-4-5-6-7-10(11)8-9(2)15(12,13)14/h9-11H,3-8H2,1-2H3,(H,12,13,14). The van der Waals surface area contributed by atoms with E-state index in [2.05, 4.69) is 6.92 Å². The molecule has 2 atom stereocenters. The minimum Gasteiger partial charge on any atom is -0.393 e. The summed E-state index contributed by atoms with van der Waals surface area (Å²) in [5.41, 5.74) is 0. The van der Waals surface area contributed by atoms with Crippen molar-refractivity contribution in [3.63, 3.8) is 0 Å². The first kappa shape index (κ1) is 14.9. The second kappa shape index (κ2) is 7.19. The maximum atomic E-state index is 10.7. The zero-order valence-corrected chi connectivity index (χ0v) is 10.3. The van der Waals surface area contributed by atoms with Crippen LogP contribution in [0.4, 0.5) is 0 Å². The zero-order valence-electron chi connectivity index (χ0n) is 9.52. The van der Waals surface area contributed by atoms with Crippen molar-refractivity contribution in [2.45, 2.75) is 63.7 Å². The van der Waals surface area contributed by atoms with Crippen LogP contribution in [0.5, 0.6) is 0 Å². The molecule has 0 aromatic heterocycles. The van der Waals surface area contributed by atoms with Crippen molar-refractivity contribution >= 4 is 10.1 Å². The van der Waals surface area contributed by atoms with Crippen molar-refractivity contribution in [1.29, 1.82) is 0 Å². The Morgan fingerprint density at radius 3 is 2.27 bits per heavy atom. The van der Waals surface area contributed by atoms with E-state index in [9.17, 15) is 13.5 Å². The number of aliphatic hydroxyl groups excluding tert-OH is 1. The van der Waals surface area contributed by atoms with Crippen LogP contribution in [-0.2, 0) is 10.1 Å². The minimum absolute atomic E-state index is 0.116. The molecule has 0 aliphatic heterocycles. The molecule has 0 radical (unpaired) electrons. The van der Waals surface area contributed by atoms with E-state index in [1.54, 1.807) is 0 Å². The highest BCUT2D eigenvalue weighted by molar-refractivity contribution is 7.86. The van der Waals surface area contributed by atoms with Gasteiger partial charge < -0.3 is 5.11 Å². The lowest BCUT2D eigenvalue weighted by Gasteiger charge is -2.13. The molecular weight excluding hydrogens is 216 g/mol. The van der Waals surface area contributed by atoms with Crippen molar-refractivity contribution in [1.82, 2.24) is 0 Å². The molecule has 0 amide bonds. The molecule has 0 aromatic carbocycles. The topological polar surface area (TPSA) is 74.6 Å². The van der Waals surface area contributed by atoms with E-state index in [1.165, 1.54) is 6.92 Å². The molecule has 4 nitrogen and oxygen atoms in total. The molecule has 2 unspecified atom stereocenters. The molecule has 0 heterocycles. The first-order valence-electron chi connectivity index (χ1n) is 5.52. The highest BCUT2D eigenvalue weighted by atomic mass is 32.2. The summed E-state index contributed by atoms with van der Waals surface area (Å²) in [6, 6.07) is 0. The summed E-state index contributed by atoms with van der Waals surface area (Å²) in [6.07, 6.45) is 4.35. The molecule has 92 valence electrons. The quantitative estimate of drug-likeness (QED) is 0.501. The first-order chi connectivity index (χ1) is 6.88. The van der Waals surface area contributed by atoms with E-state index in [0.717, 1.165) is 25.7 Å². The van der Waals surface area contributed by atoms with Gasteiger partial charge >= 0.3 is 0 Å². The summed E-state index contributed by atoms with van der Waals surface area (Å²) in [5.74, 6) is 0. The lowest BCUT2D eigenvalue weighted by Crippen LogP contribution is -2.23. The highest BCUT2D eigenvalue weighted by Crippen LogP contribution is 2.12. The lowest BCUT2D eigenvalue weighted by atomic mass is 10.1. The fourth-order valence-corrected chi connectivity index (χ4v) is 1.89. The lowest BCUT2D eigenvalue weighted by molar-refractivity contribution is 0.149. The Morgan fingerprint density at radius 1 is 1.20 bits per heavy atom. The molecule has 0 saturated carbocycles. The van der Waals surface area contributed by atoms with E-state index < -0.39 is 21.5 Å². The summed E-state index contributed by atoms with van der Waals surface area (Å²) < 4.78 is 30.1. The van der Waals surface area contributed by atoms with Crippen LogP contribution < -0.4 is 0 Å². The molecule has 0 aliphatic rings. The van der Waals surface area contributed by atoms with Crippen LogP contribution in [0.3, 0.4) is 0 Å². The molecule has 0 aliphatic carbocycles. The van der Waals surface area contributed by atoms with Gasteiger partial charge in [-0.2, -0.15) is 8.42 Å². The van der Waals surface area contributed by atoms with Gasteiger partial charge in [-0.25, -0.2) is 0 Å². The van der Waals surface area contributed by atoms with Crippen molar-refractivity contribution < 1.29 is 18.1 Å². The minimum atomic E-state index is -3.99. The van der Waals surface area contributed by atoms with Gasteiger partial charge in [0, 0.05) is 0 Å². The summed E-state index contributed by atoms with van der Waals surface area (Å²) in [7, 11) is -3.99. The van der Waals surface area contributed by atoms with Gasteiger partial charge in [0.15, 0.2) is 0 Å². The normalized spacial score (nSPS) is 16.3. The maximum Gasteiger partial charge on any atom is 0.267 e. The van der Waals surface area contributed by atoms with Crippen LogP contribution in [0, 0.1) is 0 Å². The monoisotopic (exact) mass is 238 g/mol. The Bertz CT molecular complexity index is 248. The van der Waals surface area contributed by atoms with Crippen LogP contribution >= 0.6 is 0 Å². The summed E-state index contributed by atoms with van der Waals surface area (Å²) in [4.78, 5) is 0. The zero-order chi connectivity index (χ0) is 11.9. The van der Waals surface area contributed by atoms with Gasteiger partial charge in [0.1, 0.15) is 0 Å². The number of hydrogen-bond acceptors (Lipinski definition) is 3. The Hall–Kier alpha value is -0.130. The molecule has 0 bridgehead atoms. The van der Waals surface area contributed by atoms with Gasteiger partial charge in [-0.1, -0.05) is 32.6 Å². The third kappa shape index (κ3) is 7.76. The number of aliphatic hydroxyl groups is 1. The molecule has 2 N–H and O–H groups in total. The smallest absolute Gasteiger partial charge is 0.267 e. The van der Waals surface area contributed by atoms with Gasteiger partial charge in [0.25, 0.3) is 10.1 Å². The Balaban J connectivity index is 3.70. The summed E-state index contributed by atoms with van der Waals surface area (Å²) in [6.45, 7) is 3.52. The molecule has 0 rings (SSSR count). The van der Waals surface area contributed by atoms with Crippen LogP contribution in [0.15, 0.2) is 0 Å². The molecule has 0 aromatic rings. The van der Waals surface area contributed by atoms with E-state index in [-0.39, 0.29) is 6.42 Å². The van der Waals surface area contributed by atoms with Crippen molar-refractivity contribution in [3.05, 3.63) is 0 Å².